The minimum absolute atomic E-state index is 0.0992. The number of benzene rings is 1. The molecule has 3 rings (SSSR count). The Labute approximate surface area is 121 Å². The van der Waals surface area contributed by atoms with E-state index in [4.69, 9.17) is 9.47 Å². The molecule has 0 aliphatic carbocycles. The highest BCUT2D eigenvalue weighted by atomic mass is 16.6. The molecule has 0 bridgehead atoms. The van der Waals surface area contributed by atoms with E-state index in [9.17, 15) is 0 Å². The van der Waals surface area contributed by atoms with Gasteiger partial charge >= 0.3 is 0 Å². The molecule has 2 aliphatic rings. The Balaban J connectivity index is 1.49. The summed E-state index contributed by atoms with van der Waals surface area (Å²) in [7, 11) is 0. The van der Waals surface area contributed by atoms with Gasteiger partial charge in [-0.25, -0.2) is 0 Å². The van der Waals surface area contributed by atoms with E-state index in [-0.39, 0.29) is 11.7 Å². The first-order valence-corrected chi connectivity index (χ1v) is 7.84. The topological polar surface area (TPSA) is 30.5 Å². The average Bonchev–Trinajstić information content (AvgIpc) is 2.89. The molecule has 0 aromatic heterocycles. The van der Waals surface area contributed by atoms with Crippen molar-refractivity contribution in [2.75, 3.05) is 19.7 Å². The van der Waals surface area contributed by atoms with Gasteiger partial charge in [0, 0.05) is 6.42 Å². The van der Waals surface area contributed by atoms with Gasteiger partial charge in [-0.3, -0.25) is 0 Å². The van der Waals surface area contributed by atoms with Crippen LogP contribution in [0.15, 0.2) is 24.3 Å². The molecule has 110 valence electrons. The van der Waals surface area contributed by atoms with Crippen LogP contribution in [0.1, 0.15) is 37.3 Å². The number of nitrogens with one attached hydrogen (secondary N) is 1. The Hall–Kier alpha value is -0.900. The fraction of sp³-hybridized carbons (Fsp3) is 0.647. The van der Waals surface area contributed by atoms with Gasteiger partial charge in [-0.05, 0) is 43.5 Å². The van der Waals surface area contributed by atoms with Crippen molar-refractivity contribution in [2.45, 2.75) is 50.9 Å². The summed E-state index contributed by atoms with van der Waals surface area (Å²) in [5.74, 6) is 0. The van der Waals surface area contributed by atoms with Gasteiger partial charge in [0.15, 0.2) is 0 Å². The Morgan fingerprint density at radius 1 is 1.20 bits per heavy atom. The normalized spacial score (nSPS) is 25.1. The molecule has 1 unspecified atom stereocenters. The van der Waals surface area contributed by atoms with Crippen molar-refractivity contribution in [3.8, 4) is 0 Å². The third-order valence-electron chi connectivity index (χ3n) is 4.61. The third-order valence-corrected chi connectivity index (χ3v) is 4.61. The second kappa shape index (κ2) is 6.25. The van der Waals surface area contributed by atoms with E-state index >= 15 is 0 Å². The second-order valence-corrected chi connectivity index (χ2v) is 6.05. The maximum atomic E-state index is 6.05. The summed E-state index contributed by atoms with van der Waals surface area (Å²) in [6.45, 7) is 5.79. The summed E-state index contributed by atoms with van der Waals surface area (Å²) in [5, 5.41) is 3.40. The van der Waals surface area contributed by atoms with E-state index in [1.54, 1.807) is 0 Å². The maximum Gasteiger partial charge on any atom is 0.0840 e. The van der Waals surface area contributed by atoms with Crippen LogP contribution in [0.25, 0.3) is 0 Å². The van der Waals surface area contributed by atoms with Gasteiger partial charge < -0.3 is 14.8 Å². The van der Waals surface area contributed by atoms with Crippen LogP contribution in [0, 0.1) is 0 Å². The molecule has 3 heteroatoms. The summed E-state index contributed by atoms with van der Waals surface area (Å²) >= 11 is 0. The first-order valence-electron chi connectivity index (χ1n) is 7.84. The molecule has 2 saturated heterocycles. The predicted octanol–water partition coefficient (Wildman–Crippen LogP) is 2.68. The molecule has 1 N–H and O–H groups in total. The number of hydrogen-bond acceptors (Lipinski definition) is 3. The lowest BCUT2D eigenvalue weighted by molar-refractivity contribution is -0.0240. The SMILES string of the molecule is CCc1ccc(COC2COC3(CCNCC3)C2)cc1. The van der Waals surface area contributed by atoms with Crippen LogP contribution < -0.4 is 5.32 Å². The van der Waals surface area contributed by atoms with Crippen LogP contribution in [0.3, 0.4) is 0 Å². The van der Waals surface area contributed by atoms with Gasteiger partial charge in [0.1, 0.15) is 0 Å². The van der Waals surface area contributed by atoms with Crippen molar-refractivity contribution in [2.24, 2.45) is 0 Å². The second-order valence-electron chi connectivity index (χ2n) is 6.05. The Kier molecular flexibility index (Phi) is 4.39. The summed E-state index contributed by atoms with van der Waals surface area (Å²) < 4.78 is 12.1. The van der Waals surface area contributed by atoms with Crippen LogP contribution in [0.5, 0.6) is 0 Å². The molecule has 0 saturated carbocycles. The molecule has 2 aliphatic heterocycles. The first kappa shape index (κ1) is 14.1. The molecule has 1 aromatic carbocycles. The quantitative estimate of drug-likeness (QED) is 0.916. The molecular weight excluding hydrogens is 250 g/mol. The molecule has 0 radical (unpaired) electrons. The molecule has 1 aromatic rings. The number of aryl methyl sites for hydroxylation is 1. The molecule has 2 heterocycles. The number of rotatable bonds is 4. The molecule has 2 fully saturated rings. The van der Waals surface area contributed by atoms with E-state index in [0.717, 1.165) is 45.4 Å². The lowest BCUT2D eigenvalue weighted by atomic mass is 9.89. The zero-order valence-corrected chi connectivity index (χ0v) is 12.4. The van der Waals surface area contributed by atoms with Crippen molar-refractivity contribution in [1.29, 1.82) is 0 Å². The van der Waals surface area contributed by atoms with Crippen molar-refractivity contribution in [1.82, 2.24) is 5.32 Å². The Bertz CT molecular complexity index is 423. The van der Waals surface area contributed by atoms with Crippen LogP contribution in [-0.2, 0) is 22.5 Å². The Morgan fingerprint density at radius 3 is 2.60 bits per heavy atom. The van der Waals surface area contributed by atoms with Crippen molar-refractivity contribution in [3.63, 3.8) is 0 Å². The van der Waals surface area contributed by atoms with E-state index in [0.29, 0.717) is 6.61 Å². The monoisotopic (exact) mass is 275 g/mol. The van der Waals surface area contributed by atoms with Crippen molar-refractivity contribution < 1.29 is 9.47 Å². The van der Waals surface area contributed by atoms with E-state index in [1.165, 1.54) is 11.1 Å². The van der Waals surface area contributed by atoms with Crippen LogP contribution in [-0.4, -0.2) is 31.4 Å². The number of hydrogen-bond donors (Lipinski definition) is 1. The molecule has 20 heavy (non-hydrogen) atoms. The fourth-order valence-corrected chi connectivity index (χ4v) is 3.23. The van der Waals surface area contributed by atoms with Gasteiger partial charge in [-0.15, -0.1) is 0 Å². The average molecular weight is 275 g/mol. The van der Waals surface area contributed by atoms with Gasteiger partial charge in [0.25, 0.3) is 0 Å². The minimum Gasteiger partial charge on any atom is -0.372 e. The highest BCUT2D eigenvalue weighted by Gasteiger charge is 2.41. The van der Waals surface area contributed by atoms with Crippen molar-refractivity contribution >= 4 is 0 Å². The van der Waals surface area contributed by atoms with E-state index in [1.807, 2.05) is 0 Å². The number of ether oxygens (including phenoxy) is 2. The lowest BCUT2D eigenvalue weighted by Crippen LogP contribution is -2.41. The summed E-state index contributed by atoms with van der Waals surface area (Å²) in [5.41, 5.74) is 2.74. The highest BCUT2D eigenvalue weighted by molar-refractivity contribution is 5.21. The van der Waals surface area contributed by atoms with Gasteiger partial charge in [-0.2, -0.15) is 0 Å². The van der Waals surface area contributed by atoms with Gasteiger partial charge in [0.2, 0.25) is 0 Å². The van der Waals surface area contributed by atoms with E-state index in [2.05, 4.69) is 36.5 Å². The molecule has 0 amide bonds. The predicted molar refractivity (Wildman–Crippen MR) is 79.8 cm³/mol. The van der Waals surface area contributed by atoms with E-state index < -0.39 is 0 Å². The zero-order chi connectivity index (χ0) is 13.8. The van der Waals surface area contributed by atoms with Crippen LogP contribution in [0.4, 0.5) is 0 Å². The molecule has 1 spiro atoms. The smallest absolute Gasteiger partial charge is 0.0840 e. The summed E-state index contributed by atoms with van der Waals surface area (Å²) in [6.07, 6.45) is 4.66. The fourth-order valence-electron chi connectivity index (χ4n) is 3.23. The molecule has 1 atom stereocenters. The van der Waals surface area contributed by atoms with Crippen molar-refractivity contribution in [3.05, 3.63) is 35.4 Å². The standard InChI is InChI=1S/C17H25NO2/c1-2-14-3-5-15(6-4-14)12-19-16-11-17(20-13-16)7-9-18-10-8-17/h3-6,16,18H,2,7-13H2,1H3. The largest absolute Gasteiger partial charge is 0.372 e. The molecule has 3 nitrogen and oxygen atoms in total. The van der Waals surface area contributed by atoms with Crippen LogP contribution >= 0.6 is 0 Å². The zero-order valence-electron chi connectivity index (χ0n) is 12.4. The highest BCUT2D eigenvalue weighted by Crippen LogP contribution is 2.35. The summed E-state index contributed by atoms with van der Waals surface area (Å²) in [4.78, 5) is 0. The third kappa shape index (κ3) is 3.22. The molecular formula is C17H25NO2. The van der Waals surface area contributed by atoms with Gasteiger partial charge in [0.05, 0.1) is 24.9 Å². The summed E-state index contributed by atoms with van der Waals surface area (Å²) in [6, 6.07) is 8.74. The minimum atomic E-state index is 0.0992. The number of piperidine rings is 1. The van der Waals surface area contributed by atoms with Gasteiger partial charge in [-0.1, -0.05) is 31.2 Å². The lowest BCUT2D eigenvalue weighted by Gasteiger charge is -2.32. The maximum absolute atomic E-state index is 6.05. The first-order chi connectivity index (χ1) is 9.80. The Morgan fingerprint density at radius 2 is 1.90 bits per heavy atom. The van der Waals surface area contributed by atoms with Crippen LogP contribution in [0.2, 0.25) is 0 Å².